The van der Waals surface area contributed by atoms with Gasteiger partial charge in [-0.3, -0.25) is 14.4 Å². The first kappa shape index (κ1) is 37.0. The van der Waals surface area contributed by atoms with Crippen molar-refractivity contribution in [3.8, 4) is 5.75 Å². The molecule has 0 heterocycles. The number of benzene rings is 2. The molecule has 0 unspecified atom stereocenters. The summed E-state index contributed by atoms with van der Waals surface area (Å²) in [6.45, 7) is 16.2. The zero-order valence-electron chi connectivity index (χ0n) is 28.1. The van der Waals surface area contributed by atoms with Crippen molar-refractivity contribution in [3.05, 3.63) is 65.0 Å². The molecule has 2 aromatic carbocycles. The summed E-state index contributed by atoms with van der Waals surface area (Å²) in [6.07, 6.45) is -0.764. The van der Waals surface area contributed by atoms with Crippen molar-refractivity contribution in [2.75, 3.05) is 7.05 Å². The largest absolute Gasteiger partial charge is 0.508 e. The van der Waals surface area contributed by atoms with Crippen molar-refractivity contribution in [1.82, 2.24) is 15.5 Å². The molecule has 2 rings (SSSR count). The Morgan fingerprint density at radius 3 is 1.89 bits per heavy atom. The van der Waals surface area contributed by atoms with Gasteiger partial charge < -0.3 is 31.1 Å². The molecule has 0 aliphatic carbocycles. The highest BCUT2D eigenvalue weighted by Crippen LogP contribution is 2.32. The van der Waals surface area contributed by atoms with Gasteiger partial charge in [0.15, 0.2) is 0 Å². The number of ether oxygens (including phenoxy) is 1. The number of hydrogen-bond donors (Lipinski definition) is 4. The van der Waals surface area contributed by atoms with Crippen molar-refractivity contribution in [3.63, 3.8) is 0 Å². The van der Waals surface area contributed by atoms with E-state index in [9.17, 15) is 28.7 Å². The summed E-state index contributed by atoms with van der Waals surface area (Å²) in [5, 5.41) is 15.7. The summed E-state index contributed by atoms with van der Waals surface area (Å²) in [5.74, 6) is -2.31. The molecule has 0 aliphatic rings. The summed E-state index contributed by atoms with van der Waals surface area (Å²) in [4.78, 5) is 54.3. The molecule has 11 heteroatoms. The molecule has 0 aliphatic heterocycles. The molecule has 10 nitrogen and oxygen atoms in total. The summed E-state index contributed by atoms with van der Waals surface area (Å²) in [7, 11) is 1.45. The van der Waals surface area contributed by atoms with E-state index in [0.29, 0.717) is 16.7 Å². The van der Waals surface area contributed by atoms with Crippen LogP contribution in [0, 0.1) is 11.2 Å². The van der Waals surface area contributed by atoms with Crippen LogP contribution in [0.1, 0.15) is 79.0 Å². The van der Waals surface area contributed by atoms with Crippen LogP contribution in [0.5, 0.6) is 5.75 Å². The van der Waals surface area contributed by atoms with Gasteiger partial charge in [0.2, 0.25) is 17.7 Å². The highest BCUT2D eigenvalue weighted by Gasteiger charge is 2.41. The molecular formula is C34H49FN4O6. The Morgan fingerprint density at radius 1 is 0.867 bits per heavy atom. The second-order valence-electron chi connectivity index (χ2n) is 14.5. The first-order valence-corrected chi connectivity index (χ1v) is 14.9. The quantitative estimate of drug-likeness (QED) is 0.307. The van der Waals surface area contributed by atoms with Gasteiger partial charge >= 0.3 is 6.09 Å². The van der Waals surface area contributed by atoms with Crippen molar-refractivity contribution < 1.29 is 33.4 Å². The number of nitrogens with one attached hydrogen (secondary N) is 2. The number of halogens is 1. The standard InChI is InChI=1S/C34H49FN4O6/c1-32(2,3)23-17-21(13-16-26(23)40)19-24(28(36)41)37-29(42)27(33(4,5)6)39(10)30(43)25(38-31(44)45-34(7,8)9)18-20-11-14-22(35)15-12-20/h11-17,24-25,27,40H,18-19H2,1-10H3,(H2,36,41)(H,37,42)(H,38,44)/t24-,25-,27+/m0/s1. The second-order valence-corrected chi connectivity index (χ2v) is 14.5. The molecule has 3 atom stereocenters. The summed E-state index contributed by atoms with van der Waals surface area (Å²) in [5.41, 5.74) is 5.62. The molecular weight excluding hydrogens is 579 g/mol. The van der Waals surface area contributed by atoms with Crippen LogP contribution < -0.4 is 16.4 Å². The fourth-order valence-corrected chi connectivity index (χ4v) is 5.05. The topological polar surface area (TPSA) is 151 Å². The lowest BCUT2D eigenvalue weighted by atomic mass is 9.84. The van der Waals surface area contributed by atoms with Crippen molar-refractivity contribution in [1.29, 1.82) is 0 Å². The lowest BCUT2D eigenvalue weighted by molar-refractivity contribution is -0.145. The first-order valence-electron chi connectivity index (χ1n) is 14.9. The molecule has 45 heavy (non-hydrogen) atoms. The molecule has 0 fully saturated rings. The Labute approximate surface area is 265 Å². The maximum absolute atomic E-state index is 14.0. The maximum atomic E-state index is 14.0. The molecule has 0 spiro atoms. The van der Waals surface area contributed by atoms with E-state index in [1.165, 1.54) is 36.2 Å². The number of likely N-dealkylation sites (N-methyl/N-ethyl adjacent to an activating group) is 1. The minimum absolute atomic E-state index is 0.00204. The number of hydrogen-bond acceptors (Lipinski definition) is 6. The molecule has 248 valence electrons. The minimum atomic E-state index is -1.16. The van der Waals surface area contributed by atoms with E-state index in [0.717, 1.165) is 0 Å². The van der Waals surface area contributed by atoms with E-state index in [1.54, 1.807) is 59.7 Å². The molecule has 0 aromatic heterocycles. The maximum Gasteiger partial charge on any atom is 0.408 e. The van der Waals surface area contributed by atoms with Crippen LogP contribution in [-0.2, 0) is 37.4 Å². The summed E-state index contributed by atoms with van der Waals surface area (Å²) < 4.78 is 18.9. The van der Waals surface area contributed by atoms with Crippen LogP contribution in [-0.4, -0.2) is 64.6 Å². The lowest BCUT2D eigenvalue weighted by Crippen LogP contribution is -2.61. The van der Waals surface area contributed by atoms with E-state index in [1.807, 2.05) is 20.8 Å². The van der Waals surface area contributed by atoms with Gasteiger partial charge in [0.05, 0.1) is 0 Å². The van der Waals surface area contributed by atoms with Gasteiger partial charge in [-0.25, -0.2) is 9.18 Å². The van der Waals surface area contributed by atoms with Crippen molar-refractivity contribution >= 4 is 23.8 Å². The Kier molecular flexibility index (Phi) is 11.8. The third-order valence-corrected chi connectivity index (χ3v) is 7.11. The molecule has 0 saturated carbocycles. The Bertz CT molecular complexity index is 1370. The predicted molar refractivity (Wildman–Crippen MR) is 171 cm³/mol. The van der Waals surface area contributed by atoms with Crippen molar-refractivity contribution in [2.45, 2.75) is 104 Å². The first-order chi connectivity index (χ1) is 20.5. The fraction of sp³-hybridized carbons (Fsp3) is 0.529. The van der Waals surface area contributed by atoms with Gasteiger partial charge in [-0.15, -0.1) is 0 Å². The number of alkyl carbamates (subject to hydrolysis) is 1. The van der Waals surface area contributed by atoms with Crippen LogP contribution >= 0.6 is 0 Å². The third kappa shape index (κ3) is 11.1. The zero-order chi connectivity index (χ0) is 34.5. The Balaban J connectivity index is 2.39. The molecule has 0 saturated heterocycles. The predicted octanol–water partition coefficient (Wildman–Crippen LogP) is 4.35. The van der Waals surface area contributed by atoms with Gasteiger partial charge in [-0.1, -0.05) is 65.8 Å². The molecule has 0 radical (unpaired) electrons. The monoisotopic (exact) mass is 628 g/mol. The number of nitrogens with zero attached hydrogens (tertiary/aromatic N) is 1. The highest BCUT2D eigenvalue weighted by molar-refractivity contribution is 5.94. The Hall–Kier alpha value is -4.15. The van der Waals surface area contributed by atoms with Crippen LogP contribution in [0.2, 0.25) is 0 Å². The summed E-state index contributed by atoms with van der Waals surface area (Å²) in [6, 6.07) is 7.13. The number of carbonyl (C=O) groups is 4. The number of nitrogens with two attached hydrogens (primary N) is 1. The number of primary amides is 1. The van der Waals surface area contributed by atoms with E-state index >= 15 is 0 Å². The third-order valence-electron chi connectivity index (χ3n) is 7.11. The van der Waals surface area contributed by atoms with Crippen LogP contribution in [0.4, 0.5) is 9.18 Å². The number of aromatic hydroxyl groups is 1. The van der Waals surface area contributed by atoms with Crippen molar-refractivity contribution in [2.24, 2.45) is 11.1 Å². The second kappa shape index (κ2) is 14.3. The number of rotatable bonds is 10. The average molecular weight is 629 g/mol. The van der Waals surface area contributed by atoms with Gasteiger partial charge in [0.1, 0.15) is 35.3 Å². The number of phenols is 1. The van der Waals surface area contributed by atoms with Crippen LogP contribution in [0.15, 0.2) is 42.5 Å². The normalized spacial score (nSPS) is 14.1. The van der Waals surface area contributed by atoms with Gasteiger partial charge in [0.25, 0.3) is 0 Å². The van der Waals surface area contributed by atoms with E-state index in [4.69, 9.17) is 10.5 Å². The van der Waals surface area contributed by atoms with E-state index < -0.39 is 58.8 Å². The van der Waals surface area contributed by atoms with Gasteiger partial charge in [-0.05, 0) is 66.5 Å². The number of carbonyl (C=O) groups excluding carboxylic acids is 4. The van der Waals surface area contributed by atoms with E-state index in [2.05, 4.69) is 10.6 Å². The average Bonchev–Trinajstić information content (AvgIpc) is 2.87. The summed E-state index contributed by atoms with van der Waals surface area (Å²) >= 11 is 0. The molecule has 5 N–H and O–H groups in total. The SMILES string of the molecule is CN(C(=O)[C@H](Cc1ccc(F)cc1)NC(=O)OC(C)(C)C)[C@H](C(=O)N[C@@H](Cc1ccc(O)c(C(C)(C)C)c1)C(N)=O)C(C)(C)C. The lowest BCUT2D eigenvalue weighted by Gasteiger charge is -2.39. The number of phenolic OH excluding ortho intramolecular Hbond substituents is 1. The molecule has 0 bridgehead atoms. The number of amides is 4. The molecule has 4 amide bonds. The van der Waals surface area contributed by atoms with Crippen LogP contribution in [0.3, 0.4) is 0 Å². The van der Waals surface area contributed by atoms with Crippen LogP contribution in [0.25, 0.3) is 0 Å². The zero-order valence-corrected chi connectivity index (χ0v) is 28.1. The fourth-order valence-electron chi connectivity index (χ4n) is 5.05. The van der Waals surface area contributed by atoms with Gasteiger partial charge in [-0.2, -0.15) is 0 Å². The van der Waals surface area contributed by atoms with Gasteiger partial charge in [0, 0.05) is 19.9 Å². The Morgan fingerprint density at radius 2 is 1.40 bits per heavy atom. The van der Waals surface area contributed by atoms with E-state index in [-0.39, 0.29) is 24.0 Å². The highest BCUT2D eigenvalue weighted by atomic mass is 19.1. The minimum Gasteiger partial charge on any atom is -0.508 e. The molecule has 2 aromatic rings. The smallest absolute Gasteiger partial charge is 0.408 e.